The minimum absolute atomic E-state index is 0.176. The van der Waals surface area contributed by atoms with Gasteiger partial charge in [0.05, 0.1) is 14.2 Å². The van der Waals surface area contributed by atoms with Crippen LogP contribution in [0.1, 0.15) is 38.5 Å². The van der Waals surface area contributed by atoms with E-state index in [4.69, 9.17) is 9.47 Å². The summed E-state index contributed by atoms with van der Waals surface area (Å²) in [7, 11) is 3.08. The molecule has 2 rings (SSSR count). The molecule has 6 nitrogen and oxygen atoms in total. The Morgan fingerprint density at radius 1 is 1.04 bits per heavy atom. The molecule has 0 aromatic heterocycles. The van der Waals surface area contributed by atoms with Gasteiger partial charge in [0.1, 0.15) is 6.42 Å². The molecule has 23 heavy (non-hydrogen) atoms. The van der Waals surface area contributed by atoms with Crippen LogP contribution in [0.2, 0.25) is 0 Å². The van der Waals surface area contributed by atoms with Crippen LogP contribution < -0.4 is 20.1 Å². The van der Waals surface area contributed by atoms with Crippen molar-refractivity contribution in [3.05, 3.63) is 18.2 Å². The standard InChI is InChI=1S/C17H24N2O4/c1-22-14-9-8-13(10-15(14)23-2)19-17(21)11-16(20)18-12-6-4-3-5-7-12/h8-10,12H,3-7,11H2,1-2H3,(H,18,20)(H,19,21). The van der Waals surface area contributed by atoms with E-state index >= 15 is 0 Å². The Bertz CT molecular complexity index is 554. The lowest BCUT2D eigenvalue weighted by Gasteiger charge is -2.22. The van der Waals surface area contributed by atoms with Gasteiger partial charge in [0.25, 0.3) is 0 Å². The van der Waals surface area contributed by atoms with E-state index in [1.54, 1.807) is 25.3 Å². The quantitative estimate of drug-likeness (QED) is 0.790. The highest BCUT2D eigenvalue weighted by Crippen LogP contribution is 2.29. The fourth-order valence-corrected chi connectivity index (χ4v) is 2.79. The number of methoxy groups -OCH3 is 2. The zero-order valence-corrected chi connectivity index (χ0v) is 13.7. The van der Waals surface area contributed by atoms with Gasteiger partial charge < -0.3 is 20.1 Å². The van der Waals surface area contributed by atoms with Crippen molar-refractivity contribution >= 4 is 17.5 Å². The SMILES string of the molecule is COc1ccc(NC(=O)CC(=O)NC2CCCCC2)cc1OC. The first-order chi connectivity index (χ1) is 11.1. The Kier molecular flexibility index (Phi) is 6.26. The molecule has 0 aliphatic heterocycles. The molecule has 0 heterocycles. The highest BCUT2D eigenvalue weighted by Gasteiger charge is 2.17. The maximum absolute atomic E-state index is 12.0. The van der Waals surface area contributed by atoms with E-state index in [0.717, 1.165) is 25.7 Å². The molecule has 0 unspecified atom stereocenters. The van der Waals surface area contributed by atoms with E-state index in [2.05, 4.69) is 10.6 Å². The largest absolute Gasteiger partial charge is 0.493 e. The van der Waals surface area contributed by atoms with Gasteiger partial charge in [-0.15, -0.1) is 0 Å². The average Bonchev–Trinajstić information content (AvgIpc) is 2.55. The van der Waals surface area contributed by atoms with Crippen LogP contribution in [0.15, 0.2) is 18.2 Å². The van der Waals surface area contributed by atoms with Gasteiger partial charge in [-0.3, -0.25) is 9.59 Å². The van der Waals surface area contributed by atoms with Crippen molar-refractivity contribution in [1.82, 2.24) is 5.32 Å². The first kappa shape index (κ1) is 17.1. The van der Waals surface area contributed by atoms with Crippen LogP contribution in [-0.4, -0.2) is 32.1 Å². The zero-order valence-electron chi connectivity index (χ0n) is 13.7. The summed E-state index contributed by atoms with van der Waals surface area (Å²) in [6.07, 6.45) is 5.34. The van der Waals surface area contributed by atoms with Gasteiger partial charge in [-0.1, -0.05) is 19.3 Å². The third-order valence-corrected chi connectivity index (χ3v) is 3.96. The molecule has 6 heteroatoms. The second kappa shape index (κ2) is 8.41. The summed E-state index contributed by atoms with van der Waals surface area (Å²) in [5.74, 6) is 0.540. The highest BCUT2D eigenvalue weighted by atomic mass is 16.5. The van der Waals surface area contributed by atoms with Crippen molar-refractivity contribution in [3.63, 3.8) is 0 Å². The fraction of sp³-hybridized carbons (Fsp3) is 0.529. The Morgan fingerprint density at radius 2 is 1.74 bits per heavy atom. The second-order valence-corrected chi connectivity index (χ2v) is 5.70. The number of rotatable bonds is 6. The van der Waals surface area contributed by atoms with Crippen molar-refractivity contribution in [3.8, 4) is 11.5 Å². The topological polar surface area (TPSA) is 76.7 Å². The lowest BCUT2D eigenvalue weighted by molar-refractivity contribution is -0.127. The molecule has 1 fully saturated rings. The van der Waals surface area contributed by atoms with Crippen LogP contribution in [0.5, 0.6) is 11.5 Å². The van der Waals surface area contributed by atoms with Gasteiger partial charge in [-0.25, -0.2) is 0 Å². The molecule has 1 aromatic rings. The number of benzene rings is 1. The van der Waals surface area contributed by atoms with Crippen LogP contribution in [0.25, 0.3) is 0 Å². The Labute approximate surface area is 136 Å². The monoisotopic (exact) mass is 320 g/mol. The van der Waals surface area contributed by atoms with Crippen LogP contribution in [0.3, 0.4) is 0 Å². The Hall–Kier alpha value is -2.24. The van der Waals surface area contributed by atoms with Gasteiger partial charge >= 0.3 is 0 Å². The van der Waals surface area contributed by atoms with Crippen LogP contribution in [0, 0.1) is 0 Å². The molecule has 2 N–H and O–H groups in total. The van der Waals surface area contributed by atoms with E-state index in [-0.39, 0.29) is 24.3 Å². The van der Waals surface area contributed by atoms with E-state index in [1.165, 1.54) is 13.5 Å². The predicted octanol–water partition coefficient (Wildman–Crippen LogP) is 2.48. The molecule has 0 spiro atoms. The molecule has 0 radical (unpaired) electrons. The molecular formula is C17H24N2O4. The molecule has 0 atom stereocenters. The van der Waals surface area contributed by atoms with E-state index in [1.807, 2.05) is 0 Å². The molecule has 2 amide bonds. The van der Waals surface area contributed by atoms with E-state index in [9.17, 15) is 9.59 Å². The lowest BCUT2D eigenvalue weighted by Crippen LogP contribution is -2.37. The number of amides is 2. The summed E-state index contributed by atoms with van der Waals surface area (Å²) < 4.78 is 10.3. The van der Waals surface area contributed by atoms with Gasteiger partial charge in [0.2, 0.25) is 11.8 Å². The number of anilines is 1. The maximum atomic E-state index is 12.0. The van der Waals surface area contributed by atoms with Crippen LogP contribution in [-0.2, 0) is 9.59 Å². The molecule has 1 aliphatic carbocycles. The normalized spacial score (nSPS) is 14.9. The number of carbonyl (C=O) groups is 2. The Balaban J connectivity index is 1.85. The van der Waals surface area contributed by atoms with Crippen molar-refractivity contribution in [2.75, 3.05) is 19.5 Å². The Morgan fingerprint density at radius 3 is 2.39 bits per heavy atom. The third kappa shape index (κ3) is 5.16. The van der Waals surface area contributed by atoms with E-state index < -0.39 is 0 Å². The summed E-state index contributed by atoms with van der Waals surface area (Å²) >= 11 is 0. The molecule has 0 saturated heterocycles. The fourth-order valence-electron chi connectivity index (χ4n) is 2.79. The molecule has 1 aromatic carbocycles. The van der Waals surface area contributed by atoms with Gasteiger partial charge in [-0.2, -0.15) is 0 Å². The number of ether oxygens (including phenoxy) is 2. The summed E-state index contributed by atoms with van der Waals surface area (Å²) in [6, 6.07) is 5.29. The zero-order chi connectivity index (χ0) is 16.7. The van der Waals surface area contributed by atoms with Gasteiger partial charge in [0, 0.05) is 17.8 Å². The smallest absolute Gasteiger partial charge is 0.233 e. The van der Waals surface area contributed by atoms with Gasteiger partial charge in [-0.05, 0) is 25.0 Å². The minimum Gasteiger partial charge on any atom is -0.493 e. The number of nitrogens with one attached hydrogen (secondary N) is 2. The second-order valence-electron chi connectivity index (χ2n) is 5.70. The van der Waals surface area contributed by atoms with Gasteiger partial charge in [0.15, 0.2) is 11.5 Å². The van der Waals surface area contributed by atoms with Crippen molar-refractivity contribution in [2.24, 2.45) is 0 Å². The third-order valence-electron chi connectivity index (χ3n) is 3.96. The summed E-state index contributed by atoms with van der Waals surface area (Å²) in [6.45, 7) is 0. The molecular weight excluding hydrogens is 296 g/mol. The average molecular weight is 320 g/mol. The van der Waals surface area contributed by atoms with Crippen molar-refractivity contribution in [1.29, 1.82) is 0 Å². The predicted molar refractivity (Wildman–Crippen MR) is 87.8 cm³/mol. The molecule has 126 valence electrons. The lowest BCUT2D eigenvalue weighted by atomic mass is 9.95. The maximum Gasteiger partial charge on any atom is 0.233 e. The van der Waals surface area contributed by atoms with E-state index in [0.29, 0.717) is 17.2 Å². The molecule has 1 saturated carbocycles. The number of hydrogen-bond donors (Lipinski definition) is 2. The molecule has 1 aliphatic rings. The van der Waals surface area contributed by atoms with Crippen molar-refractivity contribution in [2.45, 2.75) is 44.6 Å². The molecule has 0 bridgehead atoms. The number of carbonyl (C=O) groups excluding carboxylic acids is 2. The minimum atomic E-state index is -0.342. The highest BCUT2D eigenvalue weighted by molar-refractivity contribution is 6.03. The number of hydrogen-bond acceptors (Lipinski definition) is 4. The summed E-state index contributed by atoms with van der Waals surface area (Å²) in [4.78, 5) is 23.9. The van der Waals surface area contributed by atoms with Crippen LogP contribution >= 0.6 is 0 Å². The first-order valence-electron chi connectivity index (χ1n) is 7.93. The first-order valence-corrected chi connectivity index (χ1v) is 7.93. The summed E-state index contributed by atoms with van der Waals surface area (Å²) in [5.41, 5.74) is 0.568. The van der Waals surface area contributed by atoms with Crippen LogP contribution in [0.4, 0.5) is 5.69 Å². The van der Waals surface area contributed by atoms with Crippen molar-refractivity contribution < 1.29 is 19.1 Å². The summed E-state index contributed by atoms with van der Waals surface area (Å²) in [5, 5.41) is 5.63.